The van der Waals surface area contributed by atoms with Crippen LogP contribution in [0.2, 0.25) is 0 Å². The first-order valence-electron chi connectivity index (χ1n) is 6.47. The predicted octanol–water partition coefficient (Wildman–Crippen LogP) is 2.25. The SMILES string of the molecule is C=CCOC(=O)N1CCC(c2ccccc2)C1C(=O)O. The molecule has 0 aliphatic carbocycles. The first-order valence-corrected chi connectivity index (χ1v) is 6.47. The zero-order valence-corrected chi connectivity index (χ0v) is 11.1. The summed E-state index contributed by atoms with van der Waals surface area (Å²) < 4.78 is 4.95. The summed E-state index contributed by atoms with van der Waals surface area (Å²) in [5, 5.41) is 9.42. The van der Waals surface area contributed by atoms with Crippen LogP contribution in [0.3, 0.4) is 0 Å². The first-order chi connectivity index (χ1) is 9.65. The molecule has 0 saturated carbocycles. The number of carbonyl (C=O) groups excluding carboxylic acids is 1. The molecule has 2 atom stereocenters. The van der Waals surface area contributed by atoms with Gasteiger partial charge in [-0.1, -0.05) is 43.0 Å². The lowest BCUT2D eigenvalue weighted by atomic mass is 9.92. The van der Waals surface area contributed by atoms with Crippen molar-refractivity contribution in [2.45, 2.75) is 18.4 Å². The van der Waals surface area contributed by atoms with Crippen molar-refractivity contribution in [2.24, 2.45) is 0 Å². The van der Waals surface area contributed by atoms with E-state index in [-0.39, 0.29) is 12.5 Å². The van der Waals surface area contributed by atoms with Crippen molar-refractivity contribution in [2.75, 3.05) is 13.2 Å². The van der Waals surface area contributed by atoms with E-state index in [0.717, 1.165) is 5.56 Å². The van der Waals surface area contributed by atoms with Crippen molar-refractivity contribution in [3.63, 3.8) is 0 Å². The number of hydrogen-bond acceptors (Lipinski definition) is 3. The van der Waals surface area contributed by atoms with Gasteiger partial charge in [0.25, 0.3) is 0 Å². The van der Waals surface area contributed by atoms with Gasteiger partial charge in [0.2, 0.25) is 0 Å². The lowest BCUT2D eigenvalue weighted by Crippen LogP contribution is -2.43. The van der Waals surface area contributed by atoms with Crippen molar-refractivity contribution in [1.29, 1.82) is 0 Å². The van der Waals surface area contributed by atoms with Crippen molar-refractivity contribution in [3.05, 3.63) is 48.6 Å². The van der Waals surface area contributed by atoms with Crippen LogP contribution in [-0.4, -0.2) is 41.3 Å². The zero-order valence-electron chi connectivity index (χ0n) is 11.1. The van der Waals surface area contributed by atoms with E-state index in [0.29, 0.717) is 13.0 Å². The Morgan fingerprint density at radius 1 is 1.40 bits per heavy atom. The van der Waals surface area contributed by atoms with Crippen LogP contribution in [0.1, 0.15) is 17.9 Å². The Kier molecular flexibility index (Phi) is 4.40. The van der Waals surface area contributed by atoms with Crippen molar-refractivity contribution in [1.82, 2.24) is 4.90 Å². The second-order valence-corrected chi connectivity index (χ2v) is 4.65. The van der Waals surface area contributed by atoms with E-state index in [9.17, 15) is 14.7 Å². The van der Waals surface area contributed by atoms with Crippen LogP contribution in [-0.2, 0) is 9.53 Å². The van der Waals surface area contributed by atoms with Crippen molar-refractivity contribution >= 4 is 12.1 Å². The van der Waals surface area contributed by atoms with Crippen LogP contribution in [0.4, 0.5) is 4.79 Å². The topological polar surface area (TPSA) is 66.8 Å². The van der Waals surface area contributed by atoms with E-state index in [4.69, 9.17) is 4.74 Å². The average molecular weight is 275 g/mol. The number of carboxylic acids is 1. The maximum atomic E-state index is 11.9. The molecule has 1 aromatic rings. The smallest absolute Gasteiger partial charge is 0.410 e. The maximum Gasteiger partial charge on any atom is 0.410 e. The Morgan fingerprint density at radius 2 is 2.10 bits per heavy atom. The minimum atomic E-state index is -1.01. The zero-order chi connectivity index (χ0) is 14.5. The number of ether oxygens (including phenoxy) is 1. The number of carbonyl (C=O) groups is 2. The normalized spacial score (nSPS) is 21.5. The number of nitrogens with zero attached hydrogens (tertiary/aromatic N) is 1. The Bertz CT molecular complexity index is 500. The minimum Gasteiger partial charge on any atom is -0.480 e. The van der Waals surface area contributed by atoms with Crippen LogP contribution in [0.5, 0.6) is 0 Å². The van der Waals surface area contributed by atoms with E-state index in [1.807, 2.05) is 30.3 Å². The van der Waals surface area contributed by atoms with Crippen LogP contribution in [0.25, 0.3) is 0 Å². The van der Waals surface area contributed by atoms with Gasteiger partial charge in [0, 0.05) is 12.5 Å². The lowest BCUT2D eigenvalue weighted by Gasteiger charge is -2.24. The Morgan fingerprint density at radius 3 is 2.70 bits per heavy atom. The molecule has 0 radical (unpaired) electrons. The molecule has 2 unspecified atom stereocenters. The van der Waals surface area contributed by atoms with Gasteiger partial charge in [-0.15, -0.1) is 0 Å². The summed E-state index contributed by atoms with van der Waals surface area (Å²) >= 11 is 0. The fourth-order valence-electron chi connectivity index (χ4n) is 2.56. The Balaban J connectivity index is 2.19. The molecule has 106 valence electrons. The minimum absolute atomic E-state index is 0.0810. The van der Waals surface area contributed by atoms with E-state index >= 15 is 0 Å². The van der Waals surface area contributed by atoms with Gasteiger partial charge in [0.05, 0.1) is 0 Å². The summed E-state index contributed by atoms with van der Waals surface area (Å²) in [6.07, 6.45) is 1.47. The quantitative estimate of drug-likeness (QED) is 0.856. The fraction of sp³-hybridized carbons (Fsp3) is 0.333. The third-order valence-electron chi connectivity index (χ3n) is 3.44. The molecule has 0 bridgehead atoms. The number of amides is 1. The molecule has 1 fully saturated rings. The van der Waals surface area contributed by atoms with Crippen molar-refractivity contribution in [3.8, 4) is 0 Å². The van der Waals surface area contributed by atoms with Gasteiger partial charge < -0.3 is 9.84 Å². The highest BCUT2D eigenvalue weighted by Crippen LogP contribution is 2.34. The molecule has 1 aliphatic heterocycles. The molecule has 0 aromatic heterocycles. The summed E-state index contributed by atoms with van der Waals surface area (Å²) in [4.78, 5) is 24.7. The molecular weight excluding hydrogens is 258 g/mol. The number of aliphatic carboxylic acids is 1. The molecule has 20 heavy (non-hydrogen) atoms. The molecule has 0 spiro atoms. The summed E-state index contributed by atoms with van der Waals surface area (Å²) in [5.74, 6) is -1.21. The van der Waals surface area contributed by atoms with Gasteiger partial charge in [-0.05, 0) is 12.0 Å². The maximum absolute atomic E-state index is 11.9. The summed E-state index contributed by atoms with van der Waals surface area (Å²) in [5.41, 5.74) is 0.930. The monoisotopic (exact) mass is 275 g/mol. The van der Waals surface area contributed by atoms with E-state index in [1.165, 1.54) is 11.0 Å². The Labute approximate surface area is 117 Å². The van der Waals surface area contributed by atoms with Crippen LogP contribution in [0.15, 0.2) is 43.0 Å². The summed E-state index contributed by atoms with van der Waals surface area (Å²) in [6, 6.07) is 8.51. The fourth-order valence-corrected chi connectivity index (χ4v) is 2.56. The average Bonchev–Trinajstić information content (AvgIpc) is 2.90. The second kappa shape index (κ2) is 6.23. The van der Waals surface area contributed by atoms with Gasteiger partial charge in [-0.25, -0.2) is 9.59 Å². The third kappa shape index (κ3) is 2.82. The molecule has 1 N–H and O–H groups in total. The summed E-state index contributed by atoms with van der Waals surface area (Å²) in [6.45, 7) is 3.93. The van der Waals surface area contributed by atoms with E-state index < -0.39 is 18.1 Å². The van der Waals surface area contributed by atoms with Gasteiger partial charge in [-0.3, -0.25) is 4.90 Å². The highest BCUT2D eigenvalue weighted by Gasteiger charge is 2.43. The number of benzene rings is 1. The predicted molar refractivity (Wildman–Crippen MR) is 73.5 cm³/mol. The molecule has 2 rings (SSSR count). The second-order valence-electron chi connectivity index (χ2n) is 4.65. The van der Waals surface area contributed by atoms with Crippen LogP contribution in [0, 0.1) is 0 Å². The number of hydrogen-bond donors (Lipinski definition) is 1. The highest BCUT2D eigenvalue weighted by molar-refractivity contribution is 5.82. The molecule has 1 saturated heterocycles. The Hall–Kier alpha value is -2.30. The van der Waals surface area contributed by atoms with Gasteiger partial charge in [0.1, 0.15) is 12.6 Å². The number of rotatable bonds is 4. The largest absolute Gasteiger partial charge is 0.480 e. The van der Waals surface area contributed by atoms with Crippen molar-refractivity contribution < 1.29 is 19.4 Å². The molecule has 5 nitrogen and oxygen atoms in total. The number of carboxylic acid groups (broad SMARTS) is 1. The molecule has 5 heteroatoms. The van der Waals surface area contributed by atoms with E-state index in [2.05, 4.69) is 6.58 Å². The molecule has 1 aromatic carbocycles. The first kappa shape index (κ1) is 14.1. The molecule has 1 heterocycles. The van der Waals surface area contributed by atoms with Gasteiger partial charge >= 0.3 is 12.1 Å². The van der Waals surface area contributed by atoms with E-state index in [1.54, 1.807) is 0 Å². The highest BCUT2D eigenvalue weighted by atomic mass is 16.6. The molecular formula is C15H17NO4. The van der Waals surface area contributed by atoms with Gasteiger partial charge in [0.15, 0.2) is 0 Å². The van der Waals surface area contributed by atoms with Crippen LogP contribution >= 0.6 is 0 Å². The summed E-state index contributed by atoms with van der Waals surface area (Å²) in [7, 11) is 0. The van der Waals surface area contributed by atoms with Crippen LogP contribution < -0.4 is 0 Å². The molecule has 1 aliphatic rings. The van der Waals surface area contributed by atoms with Gasteiger partial charge in [-0.2, -0.15) is 0 Å². The third-order valence-corrected chi connectivity index (χ3v) is 3.44. The molecule has 1 amide bonds. The lowest BCUT2D eigenvalue weighted by molar-refractivity contribution is -0.142. The standard InChI is InChI=1S/C15H17NO4/c1-2-10-20-15(19)16-9-8-12(13(16)14(17)18)11-6-4-3-5-7-11/h2-7,12-13H,1,8-10H2,(H,17,18). The number of likely N-dealkylation sites (tertiary alicyclic amines) is 1.